The summed E-state index contributed by atoms with van der Waals surface area (Å²) in [6, 6.07) is 0.471. The molecule has 0 aromatic heterocycles. The number of amides is 1. The molecule has 0 spiro atoms. The number of piperidine rings is 1. The molecule has 0 aromatic carbocycles. The van der Waals surface area contributed by atoms with Crippen LogP contribution in [0.1, 0.15) is 38.5 Å². The van der Waals surface area contributed by atoms with Crippen LogP contribution in [0.25, 0.3) is 0 Å². The Hall–Kier alpha value is -0.220. The Morgan fingerprint density at radius 3 is 2.58 bits per heavy atom. The number of nitrogens with zero attached hydrogens (tertiary/aromatic N) is 2. The van der Waals surface area contributed by atoms with Gasteiger partial charge in [-0.25, -0.2) is 0 Å². The van der Waals surface area contributed by atoms with Gasteiger partial charge in [-0.2, -0.15) is 11.8 Å². The van der Waals surface area contributed by atoms with Crippen molar-refractivity contribution in [1.29, 1.82) is 0 Å². The minimum Gasteiger partial charge on any atom is -0.337 e. The van der Waals surface area contributed by atoms with E-state index in [0.29, 0.717) is 17.9 Å². The van der Waals surface area contributed by atoms with Gasteiger partial charge in [0.1, 0.15) is 0 Å². The molecule has 0 bridgehead atoms. The number of hydrogen-bond acceptors (Lipinski definition) is 3. The van der Waals surface area contributed by atoms with E-state index in [1.54, 1.807) is 0 Å². The van der Waals surface area contributed by atoms with E-state index in [-0.39, 0.29) is 0 Å². The molecule has 3 nitrogen and oxygen atoms in total. The number of carbonyl (C=O) groups is 1. The minimum absolute atomic E-state index is 0.381. The quantitative estimate of drug-likeness (QED) is 0.793. The van der Waals surface area contributed by atoms with Crippen LogP contribution >= 0.6 is 11.8 Å². The molecule has 1 amide bonds. The van der Waals surface area contributed by atoms with Crippen molar-refractivity contribution in [3.8, 4) is 0 Å². The molecule has 2 aliphatic heterocycles. The number of hydrogen-bond donors (Lipinski definition) is 0. The monoisotopic (exact) mass is 282 g/mol. The molecule has 0 radical (unpaired) electrons. The van der Waals surface area contributed by atoms with Gasteiger partial charge in [-0.05, 0) is 50.9 Å². The van der Waals surface area contributed by atoms with Gasteiger partial charge < -0.3 is 9.80 Å². The fourth-order valence-corrected chi connectivity index (χ4v) is 4.33. The number of thioether (sulfide) groups is 1. The first-order chi connectivity index (χ1) is 9.34. The second-order valence-electron chi connectivity index (χ2n) is 6.25. The lowest BCUT2D eigenvalue weighted by atomic mass is 10.1. The highest BCUT2D eigenvalue weighted by molar-refractivity contribution is 7.99. The maximum Gasteiger partial charge on any atom is 0.226 e. The van der Waals surface area contributed by atoms with Crippen LogP contribution in [0.15, 0.2) is 0 Å². The van der Waals surface area contributed by atoms with Crippen LogP contribution in [0.2, 0.25) is 0 Å². The fraction of sp³-hybridized carbons (Fsp3) is 0.933. The van der Waals surface area contributed by atoms with Crippen molar-refractivity contribution in [2.45, 2.75) is 44.6 Å². The molecule has 4 heteroatoms. The SMILES string of the molecule is O=C(C1CC1)N1CCCSC[C@H]1CN1CCCCC1. The van der Waals surface area contributed by atoms with Crippen molar-refractivity contribution in [1.82, 2.24) is 9.80 Å². The summed E-state index contributed by atoms with van der Waals surface area (Å²) in [6.07, 6.45) is 7.53. The van der Waals surface area contributed by atoms with Crippen LogP contribution in [0.4, 0.5) is 0 Å². The normalized spacial score (nSPS) is 30.1. The average molecular weight is 282 g/mol. The average Bonchev–Trinajstić information content (AvgIpc) is 3.27. The summed E-state index contributed by atoms with van der Waals surface area (Å²) in [7, 11) is 0. The summed E-state index contributed by atoms with van der Waals surface area (Å²) in [5.41, 5.74) is 0. The first kappa shape index (κ1) is 13.7. The van der Waals surface area contributed by atoms with Gasteiger partial charge in [0.15, 0.2) is 0 Å². The molecular formula is C15H26N2OS. The molecule has 0 N–H and O–H groups in total. The molecule has 2 heterocycles. The third-order valence-corrected chi connectivity index (χ3v) is 5.76. The molecule has 0 aromatic rings. The molecule has 1 aliphatic carbocycles. The van der Waals surface area contributed by atoms with Crippen molar-refractivity contribution < 1.29 is 4.79 Å². The van der Waals surface area contributed by atoms with Gasteiger partial charge in [-0.15, -0.1) is 0 Å². The molecule has 3 aliphatic rings. The van der Waals surface area contributed by atoms with E-state index in [4.69, 9.17) is 0 Å². The smallest absolute Gasteiger partial charge is 0.226 e. The molecule has 3 rings (SSSR count). The third kappa shape index (κ3) is 3.66. The summed E-state index contributed by atoms with van der Waals surface area (Å²) < 4.78 is 0. The molecule has 19 heavy (non-hydrogen) atoms. The molecule has 3 fully saturated rings. The lowest BCUT2D eigenvalue weighted by Crippen LogP contribution is -2.49. The van der Waals surface area contributed by atoms with Crippen molar-refractivity contribution in [2.24, 2.45) is 5.92 Å². The third-order valence-electron chi connectivity index (χ3n) is 4.57. The van der Waals surface area contributed by atoms with Gasteiger partial charge in [0.05, 0.1) is 6.04 Å². The Morgan fingerprint density at radius 2 is 1.84 bits per heavy atom. The first-order valence-electron chi connectivity index (χ1n) is 7.95. The van der Waals surface area contributed by atoms with E-state index in [0.717, 1.165) is 31.7 Å². The van der Waals surface area contributed by atoms with Gasteiger partial charge in [0, 0.05) is 24.8 Å². The Labute approximate surface area is 121 Å². The highest BCUT2D eigenvalue weighted by atomic mass is 32.2. The van der Waals surface area contributed by atoms with Gasteiger partial charge >= 0.3 is 0 Å². The fourth-order valence-electron chi connectivity index (χ4n) is 3.28. The van der Waals surface area contributed by atoms with E-state index in [9.17, 15) is 4.79 Å². The number of rotatable bonds is 3. The van der Waals surface area contributed by atoms with Crippen LogP contribution in [0.5, 0.6) is 0 Å². The predicted molar refractivity (Wildman–Crippen MR) is 80.5 cm³/mol. The molecule has 0 unspecified atom stereocenters. The summed E-state index contributed by atoms with van der Waals surface area (Å²) >= 11 is 2.05. The Balaban J connectivity index is 1.61. The molecule has 108 valence electrons. The standard InChI is InChI=1S/C15H26N2OS/c18-15(13-5-6-13)17-9-4-10-19-12-14(17)11-16-7-2-1-3-8-16/h13-14H,1-12H2/t14-/m1/s1. The van der Waals surface area contributed by atoms with E-state index >= 15 is 0 Å². The van der Waals surface area contributed by atoms with Crippen molar-refractivity contribution in [3.63, 3.8) is 0 Å². The van der Waals surface area contributed by atoms with E-state index in [1.165, 1.54) is 44.5 Å². The number of carbonyl (C=O) groups excluding carboxylic acids is 1. The molecule has 2 saturated heterocycles. The summed E-state index contributed by atoms with van der Waals surface area (Å²) in [5, 5.41) is 0. The lowest BCUT2D eigenvalue weighted by molar-refractivity contribution is -0.134. The first-order valence-corrected chi connectivity index (χ1v) is 9.10. The molecule has 1 saturated carbocycles. The van der Waals surface area contributed by atoms with Gasteiger partial charge in [-0.1, -0.05) is 6.42 Å². The van der Waals surface area contributed by atoms with Crippen LogP contribution in [0.3, 0.4) is 0 Å². The van der Waals surface area contributed by atoms with Crippen molar-refractivity contribution >= 4 is 17.7 Å². The highest BCUT2D eigenvalue weighted by Crippen LogP contribution is 2.33. The topological polar surface area (TPSA) is 23.6 Å². The maximum absolute atomic E-state index is 12.5. The zero-order valence-electron chi connectivity index (χ0n) is 11.9. The maximum atomic E-state index is 12.5. The van der Waals surface area contributed by atoms with E-state index in [2.05, 4.69) is 9.80 Å². The van der Waals surface area contributed by atoms with Crippen LogP contribution in [0, 0.1) is 5.92 Å². The van der Waals surface area contributed by atoms with Crippen molar-refractivity contribution in [3.05, 3.63) is 0 Å². The zero-order valence-corrected chi connectivity index (χ0v) is 12.7. The van der Waals surface area contributed by atoms with Gasteiger partial charge in [0.2, 0.25) is 5.91 Å². The Morgan fingerprint density at radius 1 is 1.05 bits per heavy atom. The van der Waals surface area contributed by atoms with E-state index < -0.39 is 0 Å². The number of likely N-dealkylation sites (tertiary alicyclic amines) is 1. The van der Waals surface area contributed by atoms with Gasteiger partial charge in [-0.3, -0.25) is 4.79 Å². The van der Waals surface area contributed by atoms with E-state index in [1.807, 2.05) is 11.8 Å². The molecular weight excluding hydrogens is 256 g/mol. The zero-order chi connectivity index (χ0) is 13.1. The summed E-state index contributed by atoms with van der Waals surface area (Å²) in [5.74, 6) is 3.22. The Bertz CT molecular complexity index is 313. The van der Waals surface area contributed by atoms with Gasteiger partial charge in [0.25, 0.3) is 0 Å². The largest absolute Gasteiger partial charge is 0.337 e. The second-order valence-corrected chi connectivity index (χ2v) is 7.40. The van der Waals surface area contributed by atoms with Crippen molar-refractivity contribution in [2.75, 3.05) is 37.7 Å². The summed E-state index contributed by atoms with van der Waals surface area (Å²) in [4.78, 5) is 17.3. The summed E-state index contributed by atoms with van der Waals surface area (Å²) in [6.45, 7) is 4.60. The molecule has 1 atom stereocenters. The van der Waals surface area contributed by atoms with Crippen LogP contribution in [-0.4, -0.2) is 59.4 Å². The van der Waals surface area contributed by atoms with Crippen LogP contribution in [-0.2, 0) is 4.79 Å². The predicted octanol–water partition coefficient (Wildman–Crippen LogP) is 2.22. The Kier molecular flexibility index (Phi) is 4.69. The second kappa shape index (κ2) is 6.49. The minimum atomic E-state index is 0.381. The van der Waals surface area contributed by atoms with Crippen LogP contribution < -0.4 is 0 Å². The lowest BCUT2D eigenvalue weighted by Gasteiger charge is -2.36. The highest BCUT2D eigenvalue weighted by Gasteiger charge is 2.37.